The fourth-order valence-corrected chi connectivity index (χ4v) is 5.19. The predicted molar refractivity (Wildman–Crippen MR) is 143 cm³/mol. The summed E-state index contributed by atoms with van der Waals surface area (Å²) in [5, 5.41) is 0.564. The molecule has 0 spiro atoms. The average molecular weight is 503 g/mol. The van der Waals surface area contributed by atoms with Crippen molar-refractivity contribution in [3.8, 4) is 0 Å². The highest BCUT2D eigenvalue weighted by molar-refractivity contribution is 6.00. The van der Waals surface area contributed by atoms with Crippen LogP contribution in [-0.2, 0) is 11.2 Å². The Bertz CT molecular complexity index is 1430. The van der Waals surface area contributed by atoms with Gasteiger partial charge in [-0.3, -0.25) is 19.2 Å². The van der Waals surface area contributed by atoms with E-state index in [0.29, 0.717) is 72.2 Å². The highest BCUT2D eigenvalue weighted by atomic mass is 16.2. The second kappa shape index (κ2) is 10.3. The van der Waals surface area contributed by atoms with Gasteiger partial charge in [0.05, 0.1) is 10.9 Å². The summed E-state index contributed by atoms with van der Waals surface area (Å²) >= 11 is 0. The third-order valence-electron chi connectivity index (χ3n) is 7.26. The van der Waals surface area contributed by atoms with E-state index >= 15 is 0 Å². The molecular weight excluding hydrogens is 468 g/mol. The van der Waals surface area contributed by atoms with Crippen molar-refractivity contribution in [2.75, 3.05) is 13.1 Å². The third kappa shape index (κ3) is 5.79. The molecule has 0 radical (unpaired) electrons. The lowest BCUT2D eigenvalue weighted by Gasteiger charge is -2.34. The molecule has 1 aliphatic heterocycles. The van der Waals surface area contributed by atoms with Gasteiger partial charge in [0.15, 0.2) is 5.78 Å². The topological polar surface area (TPSA) is 126 Å². The average Bonchev–Trinajstić information content (AvgIpc) is 2.83. The Kier molecular flexibility index (Phi) is 7.30. The van der Waals surface area contributed by atoms with Gasteiger partial charge in [0.1, 0.15) is 5.82 Å². The number of aromatic amines is 1. The smallest absolute Gasteiger partial charge is 0.258 e. The number of amides is 2. The van der Waals surface area contributed by atoms with Crippen molar-refractivity contribution in [1.82, 2.24) is 14.9 Å². The van der Waals surface area contributed by atoms with Gasteiger partial charge in [0, 0.05) is 43.0 Å². The van der Waals surface area contributed by atoms with Crippen LogP contribution in [0.4, 0.5) is 0 Å². The number of fused-ring (bicyclic) bond motifs is 1. The van der Waals surface area contributed by atoms with Crippen molar-refractivity contribution in [1.29, 1.82) is 0 Å². The van der Waals surface area contributed by atoms with Crippen molar-refractivity contribution in [2.45, 2.75) is 53.4 Å². The van der Waals surface area contributed by atoms with Crippen LogP contribution in [0.15, 0.2) is 41.2 Å². The van der Waals surface area contributed by atoms with Crippen molar-refractivity contribution < 1.29 is 14.4 Å². The number of nitrogens with one attached hydrogen (secondary N) is 1. The lowest BCUT2D eigenvalue weighted by atomic mass is 9.83. The number of para-hydroxylation sites is 1. The van der Waals surface area contributed by atoms with E-state index in [-0.39, 0.29) is 23.2 Å². The molecule has 2 heterocycles. The molecule has 0 bridgehead atoms. The summed E-state index contributed by atoms with van der Waals surface area (Å²) in [6, 6.07) is 10.5. The van der Waals surface area contributed by atoms with Gasteiger partial charge in [-0.1, -0.05) is 32.0 Å². The largest absolute Gasteiger partial charge is 0.366 e. The SMILES string of the molecule is Cc1cc(C(=O)C2CCN(C(=O)CC(C)(C)Cc3nc4c(C)cccc4c(=O)[nH]3)CC2)ccc1C(N)=O. The van der Waals surface area contributed by atoms with Crippen LogP contribution in [0.25, 0.3) is 10.9 Å². The third-order valence-corrected chi connectivity index (χ3v) is 7.26. The number of aromatic nitrogens is 2. The number of primary amides is 1. The molecule has 3 N–H and O–H groups in total. The highest BCUT2D eigenvalue weighted by Crippen LogP contribution is 2.29. The summed E-state index contributed by atoms with van der Waals surface area (Å²) in [6.45, 7) is 8.74. The number of likely N-dealkylation sites (tertiary alicyclic amines) is 1. The summed E-state index contributed by atoms with van der Waals surface area (Å²) in [7, 11) is 0. The zero-order valence-corrected chi connectivity index (χ0v) is 21.9. The number of nitrogens with zero attached hydrogens (tertiary/aromatic N) is 2. The zero-order chi connectivity index (χ0) is 26.9. The van der Waals surface area contributed by atoms with E-state index in [1.54, 1.807) is 31.2 Å². The van der Waals surface area contributed by atoms with Gasteiger partial charge in [-0.05, 0) is 61.4 Å². The maximum Gasteiger partial charge on any atom is 0.258 e. The van der Waals surface area contributed by atoms with Crippen LogP contribution in [0, 0.1) is 25.2 Å². The molecule has 0 aliphatic carbocycles. The monoisotopic (exact) mass is 502 g/mol. The van der Waals surface area contributed by atoms with Crippen molar-refractivity contribution in [2.24, 2.45) is 17.1 Å². The van der Waals surface area contributed by atoms with Crippen molar-refractivity contribution in [3.63, 3.8) is 0 Å². The minimum absolute atomic E-state index is 0.0353. The fourth-order valence-electron chi connectivity index (χ4n) is 5.19. The lowest BCUT2D eigenvalue weighted by molar-refractivity contribution is -0.134. The van der Waals surface area contributed by atoms with Crippen LogP contribution in [0.3, 0.4) is 0 Å². The molecule has 2 amide bonds. The van der Waals surface area contributed by atoms with E-state index in [1.807, 2.05) is 37.8 Å². The van der Waals surface area contributed by atoms with Crippen LogP contribution in [0.1, 0.15) is 70.8 Å². The van der Waals surface area contributed by atoms with E-state index in [4.69, 9.17) is 5.73 Å². The number of aryl methyl sites for hydroxylation is 2. The molecule has 1 aliphatic rings. The molecule has 1 aromatic heterocycles. The molecule has 37 heavy (non-hydrogen) atoms. The molecule has 1 saturated heterocycles. The van der Waals surface area contributed by atoms with Crippen LogP contribution in [-0.4, -0.2) is 45.6 Å². The summed E-state index contributed by atoms with van der Waals surface area (Å²) in [5.74, 6) is -0.0216. The number of ketones is 1. The number of nitrogens with two attached hydrogens (primary N) is 1. The first-order valence-electron chi connectivity index (χ1n) is 12.7. The summed E-state index contributed by atoms with van der Waals surface area (Å²) in [5.41, 5.74) is 8.09. The number of H-pyrrole nitrogens is 1. The van der Waals surface area contributed by atoms with E-state index < -0.39 is 11.3 Å². The summed E-state index contributed by atoms with van der Waals surface area (Å²) in [6.07, 6.45) is 1.98. The second-order valence-electron chi connectivity index (χ2n) is 10.9. The van der Waals surface area contributed by atoms with Gasteiger partial charge in [-0.2, -0.15) is 0 Å². The first-order valence-corrected chi connectivity index (χ1v) is 12.7. The molecular formula is C29H34N4O4. The Balaban J connectivity index is 1.36. The molecule has 2 aromatic carbocycles. The van der Waals surface area contributed by atoms with Gasteiger partial charge in [-0.25, -0.2) is 4.98 Å². The van der Waals surface area contributed by atoms with Crippen molar-refractivity contribution >= 4 is 28.5 Å². The quantitative estimate of drug-likeness (QED) is 0.476. The standard InChI is InChI=1S/C29H34N4O4/c1-17-6-5-7-22-25(17)31-23(32-28(22)37)15-29(3,4)16-24(34)33-12-10-19(11-13-33)26(35)20-8-9-21(27(30)36)18(2)14-20/h5-9,14,19H,10-13,15-16H2,1-4H3,(H2,30,36)(H,31,32,37). The predicted octanol–water partition coefficient (Wildman–Crippen LogP) is 3.72. The van der Waals surface area contributed by atoms with Gasteiger partial charge < -0.3 is 15.6 Å². The van der Waals surface area contributed by atoms with E-state index in [1.165, 1.54) is 0 Å². The molecule has 4 rings (SSSR count). The van der Waals surface area contributed by atoms with E-state index in [9.17, 15) is 19.2 Å². The number of rotatable bonds is 7. The maximum atomic E-state index is 13.1. The van der Waals surface area contributed by atoms with Crippen LogP contribution in [0.2, 0.25) is 0 Å². The fraction of sp³-hybridized carbons (Fsp3) is 0.414. The number of Topliss-reactive ketones (excluding diaryl/α,β-unsaturated/α-hetero) is 1. The number of piperidine rings is 1. The number of hydrogen-bond donors (Lipinski definition) is 2. The molecule has 0 unspecified atom stereocenters. The van der Waals surface area contributed by atoms with Gasteiger partial charge in [0.2, 0.25) is 11.8 Å². The maximum absolute atomic E-state index is 13.1. The molecule has 0 atom stereocenters. The van der Waals surface area contributed by atoms with Gasteiger partial charge in [0.25, 0.3) is 5.56 Å². The molecule has 1 fully saturated rings. The lowest BCUT2D eigenvalue weighted by Crippen LogP contribution is -2.42. The first-order chi connectivity index (χ1) is 17.4. The summed E-state index contributed by atoms with van der Waals surface area (Å²) in [4.78, 5) is 59.6. The molecule has 3 aromatic rings. The molecule has 8 heteroatoms. The Morgan fingerprint density at radius 2 is 1.78 bits per heavy atom. The molecule has 8 nitrogen and oxygen atoms in total. The molecule has 194 valence electrons. The highest BCUT2D eigenvalue weighted by Gasteiger charge is 2.31. The minimum Gasteiger partial charge on any atom is -0.366 e. The van der Waals surface area contributed by atoms with Gasteiger partial charge >= 0.3 is 0 Å². The summed E-state index contributed by atoms with van der Waals surface area (Å²) < 4.78 is 0. The Labute approximate surface area is 216 Å². The number of carbonyl (C=O) groups is 3. The van der Waals surface area contributed by atoms with Crippen LogP contribution < -0.4 is 11.3 Å². The number of benzene rings is 2. The minimum atomic E-state index is -0.510. The van der Waals surface area contributed by atoms with Crippen LogP contribution >= 0.6 is 0 Å². The Hall–Kier alpha value is -3.81. The second-order valence-corrected chi connectivity index (χ2v) is 10.9. The Morgan fingerprint density at radius 3 is 2.43 bits per heavy atom. The zero-order valence-electron chi connectivity index (χ0n) is 21.9. The van der Waals surface area contributed by atoms with Crippen molar-refractivity contribution in [3.05, 3.63) is 74.8 Å². The van der Waals surface area contributed by atoms with E-state index in [0.717, 1.165) is 5.56 Å². The first kappa shape index (κ1) is 26.3. The number of hydrogen-bond acceptors (Lipinski definition) is 5. The molecule has 0 saturated carbocycles. The van der Waals surface area contributed by atoms with Gasteiger partial charge in [-0.15, -0.1) is 0 Å². The Morgan fingerprint density at radius 1 is 1.08 bits per heavy atom. The number of carbonyl (C=O) groups excluding carboxylic acids is 3. The van der Waals surface area contributed by atoms with Crippen LogP contribution in [0.5, 0.6) is 0 Å². The normalized spacial score (nSPS) is 14.6. The van der Waals surface area contributed by atoms with E-state index in [2.05, 4.69) is 9.97 Å².